The number of benzene rings is 1. The Hall–Kier alpha value is -1.02. The van der Waals surface area contributed by atoms with Crippen molar-refractivity contribution in [1.82, 2.24) is 10.2 Å². The Morgan fingerprint density at radius 3 is 2.92 bits per heavy atom. The monoisotopic (exact) mass is 180 g/mol. The number of hydrogen-bond donors (Lipinski definition) is 1. The smallest absolute Gasteiger partial charge is 0.0694 e. The Bertz CT molecular complexity index is 431. The van der Waals surface area contributed by atoms with Crippen LogP contribution < -0.4 is 0 Å². The van der Waals surface area contributed by atoms with Gasteiger partial charge in [-0.25, -0.2) is 0 Å². The molecule has 0 atom stereocenters. The molecule has 1 aromatic carbocycles. The highest BCUT2D eigenvalue weighted by Gasteiger charge is 2.05. The number of fused-ring (bicyclic) bond motifs is 1. The van der Waals surface area contributed by atoms with E-state index in [-0.39, 0.29) is 0 Å². The number of halogens is 1. The Kier molecular flexibility index (Phi) is 1.58. The van der Waals surface area contributed by atoms with Crippen LogP contribution in [0.15, 0.2) is 12.3 Å². The third-order valence-corrected chi connectivity index (χ3v) is 2.67. The number of nitrogens with one attached hydrogen (secondary N) is 1. The van der Waals surface area contributed by atoms with Crippen LogP contribution in [-0.4, -0.2) is 10.2 Å². The molecule has 0 radical (unpaired) electrons. The summed E-state index contributed by atoms with van der Waals surface area (Å²) in [5, 5.41) is 8.83. The van der Waals surface area contributed by atoms with Crippen LogP contribution in [0.1, 0.15) is 11.1 Å². The van der Waals surface area contributed by atoms with Gasteiger partial charge in [0.1, 0.15) is 0 Å². The molecule has 0 aliphatic heterocycles. The minimum atomic E-state index is 0.826. The summed E-state index contributed by atoms with van der Waals surface area (Å²) in [7, 11) is 0. The molecule has 1 aromatic heterocycles. The van der Waals surface area contributed by atoms with Crippen molar-refractivity contribution < 1.29 is 0 Å². The second-order valence-corrected chi connectivity index (χ2v) is 3.34. The van der Waals surface area contributed by atoms with Gasteiger partial charge in [-0.1, -0.05) is 11.6 Å². The minimum absolute atomic E-state index is 0.826. The second kappa shape index (κ2) is 2.49. The lowest BCUT2D eigenvalue weighted by molar-refractivity contribution is 1.11. The fourth-order valence-corrected chi connectivity index (χ4v) is 1.56. The van der Waals surface area contributed by atoms with Crippen LogP contribution in [-0.2, 0) is 0 Å². The zero-order valence-corrected chi connectivity index (χ0v) is 7.74. The van der Waals surface area contributed by atoms with E-state index >= 15 is 0 Å². The van der Waals surface area contributed by atoms with Crippen LogP contribution in [0.2, 0.25) is 5.02 Å². The van der Waals surface area contributed by atoms with Gasteiger partial charge in [0.15, 0.2) is 0 Å². The van der Waals surface area contributed by atoms with Gasteiger partial charge in [-0.3, -0.25) is 5.10 Å². The number of aryl methyl sites for hydroxylation is 2. The van der Waals surface area contributed by atoms with Gasteiger partial charge in [0.2, 0.25) is 0 Å². The SMILES string of the molecule is Cc1cc2cn[nH]c2c(C)c1Cl. The number of hydrogen-bond acceptors (Lipinski definition) is 1. The molecule has 0 unspecified atom stereocenters. The Morgan fingerprint density at radius 1 is 1.42 bits per heavy atom. The van der Waals surface area contributed by atoms with Crippen molar-refractivity contribution in [2.45, 2.75) is 13.8 Å². The first-order valence-corrected chi connectivity index (χ1v) is 4.16. The molecule has 0 saturated carbocycles. The molecule has 3 heteroatoms. The average molecular weight is 181 g/mol. The zero-order chi connectivity index (χ0) is 8.72. The molecule has 0 aliphatic rings. The molecule has 0 bridgehead atoms. The van der Waals surface area contributed by atoms with Gasteiger partial charge in [0, 0.05) is 10.4 Å². The van der Waals surface area contributed by atoms with Gasteiger partial charge < -0.3 is 0 Å². The molecule has 0 fully saturated rings. The lowest BCUT2D eigenvalue weighted by Gasteiger charge is -2.02. The van der Waals surface area contributed by atoms with Crippen LogP contribution in [0, 0.1) is 13.8 Å². The number of aromatic amines is 1. The summed E-state index contributed by atoms with van der Waals surface area (Å²) in [5.74, 6) is 0. The molecule has 2 rings (SSSR count). The third kappa shape index (κ3) is 0.916. The van der Waals surface area contributed by atoms with Gasteiger partial charge in [-0.05, 0) is 31.0 Å². The highest BCUT2D eigenvalue weighted by atomic mass is 35.5. The van der Waals surface area contributed by atoms with E-state index in [4.69, 9.17) is 11.6 Å². The maximum absolute atomic E-state index is 6.07. The summed E-state index contributed by atoms with van der Waals surface area (Å²) in [6.07, 6.45) is 1.81. The molecule has 0 spiro atoms. The average Bonchev–Trinajstić information content (AvgIpc) is 2.48. The summed E-state index contributed by atoms with van der Waals surface area (Å²) >= 11 is 6.07. The predicted octanol–water partition coefficient (Wildman–Crippen LogP) is 2.83. The zero-order valence-electron chi connectivity index (χ0n) is 6.98. The molecule has 62 valence electrons. The summed E-state index contributed by atoms with van der Waals surface area (Å²) in [5.41, 5.74) is 3.21. The van der Waals surface area contributed by atoms with E-state index in [1.54, 1.807) is 0 Å². The molecular formula is C9H9ClN2. The van der Waals surface area contributed by atoms with Crippen molar-refractivity contribution in [1.29, 1.82) is 0 Å². The number of rotatable bonds is 0. The van der Waals surface area contributed by atoms with Crippen molar-refractivity contribution >= 4 is 22.5 Å². The van der Waals surface area contributed by atoms with E-state index in [1.165, 1.54) is 0 Å². The highest BCUT2D eigenvalue weighted by molar-refractivity contribution is 6.33. The van der Waals surface area contributed by atoms with Crippen LogP contribution in [0.25, 0.3) is 10.9 Å². The third-order valence-electron chi connectivity index (χ3n) is 2.09. The number of aromatic nitrogens is 2. The summed E-state index contributed by atoms with van der Waals surface area (Å²) in [4.78, 5) is 0. The number of nitrogens with zero attached hydrogens (tertiary/aromatic N) is 1. The maximum atomic E-state index is 6.07. The van der Waals surface area contributed by atoms with E-state index in [2.05, 4.69) is 10.2 Å². The van der Waals surface area contributed by atoms with Gasteiger partial charge in [0.25, 0.3) is 0 Å². The molecule has 12 heavy (non-hydrogen) atoms. The Labute approximate surface area is 75.5 Å². The summed E-state index contributed by atoms with van der Waals surface area (Å²) in [6.45, 7) is 4.00. The molecule has 1 heterocycles. The molecule has 0 saturated heterocycles. The molecule has 0 amide bonds. The highest BCUT2D eigenvalue weighted by Crippen LogP contribution is 2.26. The van der Waals surface area contributed by atoms with Crippen molar-refractivity contribution in [3.63, 3.8) is 0 Å². The van der Waals surface area contributed by atoms with E-state index in [0.717, 1.165) is 27.1 Å². The molecule has 2 nitrogen and oxygen atoms in total. The second-order valence-electron chi connectivity index (χ2n) is 2.97. The van der Waals surface area contributed by atoms with Gasteiger partial charge in [-0.15, -0.1) is 0 Å². The fourth-order valence-electron chi connectivity index (χ4n) is 1.41. The van der Waals surface area contributed by atoms with E-state index in [9.17, 15) is 0 Å². The van der Waals surface area contributed by atoms with Gasteiger partial charge in [-0.2, -0.15) is 5.10 Å². The van der Waals surface area contributed by atoms with Crippen LogP contribution >= 0.6 is 11.6 Å². The largest absolute Gasteiger partial charge is 0.278 e. The maximum Gasteiger partial charge on any atom is 0.0694 e. The van der Waals surface area contributed by atoms with Crippen molar-refractivity contribution in [3.8, 4) is 0 Å². The Morgan fingerprint density at radius 2 is 2.17 bits per heavy atom. The van der Waals surface area contributed by atoms with Gasteiger partial charge >= 0.3 is 0 Å². The molecule has 2 aromatic rings. The topological polar surface area (TPSA) is 28.7 Å². The lowest BCUT2D eigenvalue weighted by atomic mass is 10.1. The van der Waals surface area contributed by atoms with Gasteiger partial charge in [0.05, 0.1) is 11.7 Å². The molecule has 0 aliphatic carbocycles. The van der Waals surface area contributed by atoms with Crippen LogP contribution in [0.4, 0.5) is 0 Å². The van der Waals surface area contributed by atoms with E-state index in [0.29, 0.717) is 0 Å². The fraction of sp³-hybridized carbons (Fsp3) is 0.222. The quantitative estimate of drug-likeness (QED) is 0.664. The van der Waals surface area contributed by atoms with E-state index in [1.807, 2.05) is 26.1 Å². The van der Waals surface area contributed by atoms with Crippen molar-refractivity contribution in [3.05, 3.63) is 28.4 Å². The standard InChI is InChI=1S/C9H9ClN2/c1-5-3-7-4-11-12-9(7)6(2)8(5)10/h3-4H,1-2H3,(H,11,12). The lowest BCUT2D eigenvalue weighted by Crippen LogP contribution is -1.82. The summed E-state index contributed by atoms with van der Waals surface area (Å²) < 4.78 is 0. The first kappa shape index (κ1) is 7.62. The van der Waals surface area contributed by atoms with Crippen molar-refractivity contribution in [2.75, 3.05) is 0 Å². The normalized spacial score (nSPS) is 10.9. The van der Waals surface area contributed by atoms with E-state index < -0.39 is 0 Å². The molecule has 1 N–H and O–H groups in total. The first-order valence-electron chi connectivity index (χ1n) is 3.79. The Balaban J connectivity index is 2.94. The predicted molar refractivity (Wildman–Crippen MR) is 50.6 cm³/mol. The number of H-pyrrole nitrogens is 1. The minimum Gasteiger partial charge on any atom is -0.278 e. The molecular weight excluding hydrogens is 172 g/mol. The van der Waals surface area contributed by atoms with Crippen LogP contribution in [0.3, 0.4) is 0 Å². The summed E-state index contributed by atoms with van der Waals surface area (Å²) in [6, 6.07) is 2.04. The first-order chi connectivity index (χ1) is 5.70. The van der Waals surface area contributed by atoms with Crippen LogP contribution in [0.5, 0.6) is 0 Å². The van der Waals surface area contributed by atoms with Crippen molar-refractivity contribution in [2.24, 2.45) is 0 Å².